The summed E-state index contributed by atoms with van der Waals surface area (Å²) in [4.78, 5) is 10.0. The van der Waals surface area contributed by atoms with Gasteiger partial charge in [-0.15, -0.1) is 0 Å². The van der Waals surface area contributed by atoms with E-state index in [0.717, 1.165) is 19.3 Å². The van der Waals surface area contributed by atoms with Crippen LogP contribution < -0.4 is 0 Å². The largest absolute Gasteiger partial charge is 0.478 e. The maximum absolute atomic E-state index is 10.0. The van der Waals surface area contributed by atoms with Gasteiger partial charge < -0.3 is 9.84 Å². The first-order valence-corrected chi connectivity index (χ1v) is 4.25. The molecule has 1 aliphatic heterocycles. The molecule has 1 rings (SSSR count). The molecule has 1 aliphatic rings. The second-order valence-corrected chi connectivity index (χ2v) is 3.05. The van der Waals surface area contributed by atoms with Gasteiger partial charge in [0, 0.05) is 6.08 Å². The zero-order chi connectivity index (χ0) is 8.97. The van der Waals surface area contributed by atoms with E-state index in [0.29, 0.717) is 12.2 Å². The Morgan fingerprint density at radius 2 is 2.33 bits per heavy atom. The van der Waals surface area contributed by atoms with Gasteiger partial charge in [0.1, 0.15) is 0 Å². The molecule has 0 aromatic rings. The van der Waals surface area contributed by atoms with Crippen LogP contribution >= 0.6 is 0 Å². The number of hydrogen-bond donors (Lipinski definition) is 1. The highest BCUT2D eigenvalue weighted by molar-refractivity contribution is 5.79. The highest BCUT2D eigenvalue weighted by Gasteiger charge is 2.32. The smallest absolute Gasteiger partial charge is 0.327 e. The predicted octanol–water partition coefficient (Wildman–Crippen LogP) is 1.58. The third kappa shape index (κ3) is 3.53. The Morgan fingerprint density at radius 3 is 2.83 bits per heavy atom. The molecule has 0 spiro atoms. The number of carboxylic acid groups (broad SMARTS) is 1. The number of aliphatic carboxylic acids is 1. The highest BCUT2D eigenvalue weighted by Crippen LogP contribution is 2.25. The number of ether oxygens (including phenoxy) is 1. The van der Waals surface area contributed by atoms with E-state index in [1.807, 2.05) is 0 Å². The van der Waals surface area contributed by atoms with Crippen molar-refractivity contribution in [3.63, 3.8) is 0 Å². The van der Waals surface area contributed by atoms with Gasteiger partial charge in [0.2, 0.25) is 0 Å². The third-order valence-corrected chi connectivity index (χ3v) is 1.96. The lowest BCUT2D eigenvalue weighted by atomic mass is 10.1. The van der Waals surface area contributed by atoms with E-state index in [2.05, 4.69) is 6.92 Å². The van der Waals surface area contributed by atoms with E-state index in [1.54, 1.807) is 6.08 Å². The van der Waals surface area contributed by atoms with Crippen molar-refractivity contribution < 1.29 is 14.6 Å². The zero-order valence-electron chi connectivity index (χ0n) is 7.19. The summed E-state index contributed by atoms with van der Waals surface area (Å²) < 4.78 is 5.20. The molecule has 1 fully saturated rings. The van der Waals surface area contributed by atoms with E-state index >= 15 is 0 Å². The molecule has 3 heteroatoms. The summed E-state index contributed by atoms with van der Waals surface area (Å²) in [7, 11) is 0. The summed E-state index contributed by atoms with van der Waals surface area (Å²) in [6.07, 6.45) is 6.63. The molecule has 2 atom stereocenters. The van der Waals surface area contributed by atoms with Crippen molar-refractivity contribution in [2.24, 2.45) is 0 Å². The normalized spacial score (nSPS) is 27.8. The lowest BCUT2D eigenvalue weighted by molar-refractivity contribution is -0.131. The van der Waals surface area contributed by atoms with Crippen LogP contribution in [0.1, 0.15) is 26.2 Å². The average molecular weight is 170 g/mol. The summed E-state index contributed by atoms with van der Waals surface area (Å²) in [5, 5.41) is 8.26. The molecule has 0 aromatic heterocycles. The first-order chi connectivity index (χ1) is 5.70. The molecule has 3 nitrogen and oxygen atoms in total. The third-order valence-electron chi connectivity index (χ3n) is 1.96. The van der Waals surface area contributed by atoms with Crippen LogP contribution in [-0.4, -0.2) is 23.3 Å². The Kier molecular flexibility index (Phi) is 3.29. The summed E-state index contributed by atoms with van der Waals surface area (Å²) in [6.45, 7) is 2.05. The fraction of sp³-hybridized carbons (Fsp3) is 0.667. The highest BCUT2D eigenvalue weighted by atomic mass is 16.6. The van der Waals surface area contributed by atoms with Crippen LogP contribution in [0.15, 0.2) is 12.2 Å². The lowest BCUT2D eigenvalue weighted by Crippen LogP contribution is -1.89. The molecular formula is C9H14O3. The first kappa shape index (κ1) is 9.26. The summed E-state index contributed by atoms with van der Waals surface area (Å²) in [5.41, 5.74) is 0. The van der Waals surface area contributed by atoms with Crippen molar-refractivity contribution in [3.8, 4) is 0 Å². The minimum atomic E-state index is -0.869. The predicted molar refractivity (Wildman–Crippen MR) is 45.0 cm³/mol. The zero-order valence-corrected chi connectivity index (χ0v) is 7.19. The van der Waals surface area contributed by atoms with E-state index < -0.39 is 5.97 Å². The summed E-state index contributed by atoms with van der Waals surface area (Å²) in [6, 6.07) is 0. The molecule has 0 aromatic carbocycles. The van der Waals surface area contributed by atoms with Crippen LogP contribution in [0.3, 0.4) is 0 Å². The summed E-state index contributed by atoms with van der Waals surface area (Å²) in [5.74, 6) is -0.869. The molecule has 0 radical (unpaired) electrons. The Bertz CT molecular complexity index is 186. The Morgan fingerprint density at radius 1 is 1.67 bits per heavy atom. The quantitative estimate of drug-likeness (QED) is 0.387. The van der Waals surface area contributed by atoms with Crippen molar-refractivity contribution in [2.75, 3.05) is 0 Å². The standard InChI is InChI=1S/C9H14O3/c1-7-8(12-7)5-3-2-4-6-9(10)11/h4,6-8H,2-3,5H2,1H3,(H,10,11)/t7?,8-/m0/s1. The lowest BCUT2D eigenvalue weighted by Gasteiger charge is -1.90. The van der Waals surface area contributed by atoms with Crippen LogP contribution in [0.5, 0.6) is 0 Å². The van der Waals surface area contributed by atoms with Crippen molar-refractivity contribution in [2.45, 2.75) is 38.4 Å². The van der Waals surface area contributed by atoms with Crippen LogP contribution in [0.2, 0.25) is 0 Å². The fourth-order valence-electron chi connectivity index (χ4n) is 1.15. The Hall–Kier alpha value is -0.830. The molecule has 0 amide bonds. The molecule has 0 saturated carbocycles. The number of hydrogen-bond acceptors (Lipinski definition) is 2. The number of allylic oxidation sites excluding steroid dienone is 1. The Labute approximate surface area is 72.0 Å². The summed E-state index contributed by atoms with van der Waals surface area (Å²) >= 11 is 0. The number of unbranched alkanes of at least 4 members (excludes halogenated alkanes) is 1. The molecule has 1 N–H and O–H groups in total. The fourth-order valence-corrected chi connectivity index (χ4v) is 1.15. The van der Waals surface area contributed by atoms with E-state index in [9.17, 15) is 4.79 Å². The molecule has 1 unspecified atom stereocenters. The molecular weight excluding hydrogens is 156 g/mol. The monoisotopic (exact) mass is 170 g/mol. The first-order valence-electron chi connectivity index (χ1n) is 4.25. The van der Waals surface area contributed by atoms with E-state index in [4.69, 9.17) is 9.84 Å². The minimum absolute atomic E-state index is 0.424. The maximum Gasteiger partial charge on any atom is 0.327 e. The van der Waals surface area contributed by atoms with Crippen LogP contribution in [-0.2, 0) is 9.53 Å². The van der Waals surface area contributed by atoms with E-state index in [-0.39, 0.29) is 0 Å². The minimum Gasteiger partial charge on any atom is -0.478 e. The van der Waals surface area contributed by atoms with Gasteiger partial charge >= 0.3 is 5.97 Å². The van der Waals surface area contributed by atoms with Crippen LogP contribution in [0, 0.1) is 0 Å². The SMILES string of the molecule is CC1O[C@H]1CCCC=CC(=O)O. The van der Waals surface area contributed by atoms with Crippen LogP contribution in [0.4, 0.5) is 0 Å². The van der Waals surface area contributed by atoms with Gasteiger partial charge in [0.25, 0.3) is 0 Å². The second-order valence-electron chi connectivity index (χ2n) is 3.05. The van der Waals surface area contributed by atoms with Gasteiger partial charge in [-0.05, 0) is 26.2 Å². The second kappa shape index (κ2) is 4.26. The van der Waals surface area contributed by atoms with Crippen molar-refractivity contribution in [1.82, 2.24) is 0 Å². The number of epoxide rings is 1. The van der Waals surface area contributed by atoms with Gasteiger partial charge in [-0.2, -0.15) is 0 Å². The Balaban J connectivity index is 1.92. The van der Waals surface area contributed by atoms with Gasteiger partial charge in [0.05, 0.1) is 12.2 Å². The number of rotatable bonds is 5. The van der Waals surface area contributed by atoms with Gasteiger partial charge in [-0.1, -0.05) is 6.08 Å². The van der Waals surface area contributed by atoms with E-state index in [1.165, 1.54) is 6.08 Å². The molecule has 1 saturated heterocycles. The van der Waals surface area contributed by atoms with Crippen molar-refractivity contribution in [3.05, 3.63) is 12.2 Å². The van der Waals surface area contributed by atoms with Crippen molar-refractivity contribution >= 4 is 5.97 Å². The maximum atomic E-state index is 10.0. The van der Waals surface area contributed by atoms with Gasteiger partial charge in [0.15, 0.2) is 0 Å². The topological polar surface area (TPSA) is 49.8 Å². The van der Waals surface area contributed by atoms with Gasteiger partial charge in [-0.3, -0.25) is 0 Å². The number of carbonyl (C=O) groups is 1. The molecule has 68 valence electrons. The van der Waals surface area contributed by atoms with Crippen molar-refractivity contribution in [1.29, 1.82) is 0 Å². The molecule has 0 bridgehead atoms. The van der Waals surface area contributed by atoms with Gasteiger partial charge in [-0.25, -0.2) is 4.79 Å². The molecule has 1 heterocycles. The number of carboxylic acids is 1. The molecule has 12 heavy (non-hydrogen) atoms. The molecule has 0 aliphatic carbocycles. The average Bonchev–Trinajstić information content (AvgIpc) is 2.65. The van der Waals surface area contributed by atoms with Crippen LogP contribution in [0.25, 0.3) is 0 Å².